The summed E-state index contributed by atoms with van der Waals surface area (Å²) in [7, 11) is 0. The van der Waals surface area contributed by atoms with E-state index >= 15 is 0 Å². The topological polar surface area (TPSA) is 69.6 Å². The Balaban J connectivity index is 2.08. The average Bonchev–Trinajstić information content (AvgIpc) is 1.76. The Morgan fingerprint density at radius 1 is 1.60 bits per heavy atom. The summed E-state index contributed by atoms with van der Waals surface area (Å²) in [5.41, 5.74) is 0. The number of aliphatic hydroxyl groups is 1. The molecule has 1 amide bonds. The van der Waals surface area contributed by atoms with Crippen molar-refractivity contribution in [1.82, 2.24) is 5.32 Å². The summed E-state index contributed by atoms with van der Waals surface area (Å²) in [4.78, 5) is 10.0. The van der Waals surface area contributed by atoms with E-state index in [0.29, 0.717) is 5.92 Å². The summed E-state index contributed by atoms with van der Waals surface area (Å²) in [5.74, 6) is 0.317. The first kappa shape index (κ1) is 7.34. The highest BCUT2D eigenvalue weighted by Crippen LogP contribution is 2.26. The van der Waals surface area contributed by atoms with Gasteiger partial charge in [-0.3, -0.25) is 0 Å². The van der Waals surface area contributed by atoms with Crippen molar-refractivity contribution in [1.29, 1.82) is 0 Å². The van der Waals surface area contributed by atoms with Gasteiger partial charge < -0.3 is 15.5 Å². The van der Waals surface area contributed by atoms with Crippen molar-refractivity contribution in [3.63, 3.8) is 0 Å². The molecule has 0 spiro atoms. The Hall–Kier alpha value is -0.770. The number of rotatable bonds is 2. The van der Waals surface area contributed by atoms with Crippen molar-refractivity contribution in [3.8, 4) is 0 Å². The van der Waals surface area contributed by atoms with Crippen LogP contribution in [-0.4, -0.2) is 29.0 Å². The van der Waals surface area contributed by atoms with Crippen LogP contribution in [0.2, 0.25) is 0 Å². The second kappa shape index (κ2) is 2.88. The molecule has 0 aromatic carbocycles. The molecular formula is C6H11NO3. The van der Waals surface area contributed by atoms with Gasteiger partial charge in [0, 0.05) is 12.6 Å². The third kappa shape index (κ3) is 1.60. The van der Waals surface area contributed by atoms with E-state index in [9.17, 15) is 4.79 Å². The molecule has 3 N–H and O–H groups in total. The minimum atomic E-state index is -0.971. The highest BCUT2D eigenvalue weighted by molar-refractivity contribution is 5.64. The van der Waals surface area contributed by atoms with Gasteiger partial charge in [-0.15, -0.1) is 0 Å². The zero-order valence-electron chi connectivity index (χ0n) is 5.58. The number of hydrogen-bond acceptors (Lipinski definition) is 2. The van der Waals surface area contributed by atoms with E-state index in [0.717, 1.165) is 12.8 Å². The van der Waals surface area contributed by atoms with Gasteiger partial charge in [0.25, 0.3) is 0 Å². The van der Waals surface area contributed by atoms with Gasteiger partial charge in [-0.05, 0) is 18.8 Å². The Labute approximate surface area is 58.9 Å². The smallest absolute Gasteiger partial charge is 0.404 e. The molecule has 0 bridgehead atoms. The van der Waals surface area contributed by atoms with E-state index in [-0.39, 0.29) is 12.6 Å². The van der Waals surface area contributed by atoms with Crippen LogP contribution in [0.1, 0.15) is 12.8 Å². The maximum atomic E-state index is 10.0. The molecule has 0 heterocycles. The molecule has 0 saturated heterocycles. The molecule has 0 unspecified atom stereocenters. The number of nitrogens with one attached hydrogen (secondary N) is 1. The van der Waals surface area contributed by atoms with E-state index < -0.39 is 6.09 Å². The number of amides is 1. The molecule has 58 valence electrons. The van der Waals surface area contributed by atoms with E-state index in [1.54, 1.807) is 0 Å². The van der Waals surface area contributed by atoms with Gasteiger partial charge in [0.15, 0.2) is 0 Å². The SMILES string of the molecule is O=C(O)N[C@H]1C[C@@H](CO)C1. The van der Waals surface area contributed by atoms with Gasteiger partial charge in [-0.2, -0.15) is 0 Å². The predicted molar refractivity (Wildman–Crippen MR) is 34.8 cm³/mol. The average molecular weight is 145 g/mol. The molecule has 1 saturated carbocycles. The molecule has 4 heteroatoms. The number of hydrogen-bond donors (Lipinski definition) is 3. The van der Waals surface area contributed by atoms with Crippen LogP contribution < -0.4 is 5.32 Å². The fraction of sp³-hybridized carbons (Fsp3) is 0.833. The Morgan fingerprint density at radius 3 is 2.60 bits per heavy atom. The van der Waals surface area contributed by atoms with E-state index in [1.807, 2.05) is 0 Å². The number of carbonyl (C=O) groups is 1. The number of carboxylic acid groups (broad SMARTS) is 1. The van der Waals surface area contributed by atoms with Crippen molar-refractivity contribution in [3.05, 3.63) is 0 Å². The first-order chi connectivity index (χ1) is 4.72. The summed E-state index contributed by atoms with van der Waals surface area (Å²) < 4.78 is 0. The lowest BCUT2D eigenvalue weighted by Crippen LogP contribution is -2.44. The molecule has 10 heavy (non-hydrogen) atoms. The van der Waals surface area contributed by atoms with Crippen LogP contribution in [0.3, 0.4) is 0 Å². The maximum Gasteiger partial charge on any atom is 0.404 e. The van der Waals surface area contributed by atoms with Crippen molar-refractivity contribution in [2.45, 2.75) is 18.9 Å². The fourth-order valence-corrected chi connectivity index (χ4v) is 1.18. The van der Waals surface area contributed by atoms with Crippen LogP contribution in [0.25, 0.3) is 0 Å². The van der Waals surface area contributed by atoms with E-state index in [2.05, 4.69) is 5.32 Å². The lowest BCUT2D eigenvalue weighted by molar-refractivity contribution is 0.120. The van der Waals surface area contributed by atoms with Crippen molar-refractivity contribution < 1.29 is 15.0 Å². The third-order valence-electron chi connectivity index (χ3n) is 1.82. The molecule has 4 nitrogen and oxygen atoms in total. The van der Waals surface area contributed by atoms with Gasteiger partial charge in [0.1, 0.15) is 0 Å². The molecule has 0 aromatic rings. The van der Waals surface area contributed by atoms with Gasteiger partial charge in [0.05, 0.1) is 0 Å². The Kier molecular flexibility index (Phi) is 2.11. The van der Waals surface area contributed by atoms with E-state index in [4.69, 9.17) is 10.2 Å². The van der Waals surface area contributed by atoms with Crippen LogP contribution in [0.15, 0.2) is 0 Å². The van der Waals surface area contributed by atoms with Crippen molar-refractivity contribution in [2.75, 3.05) is 6.61 Å². The standard InChI is InChI=1S/C6H11NO3/c8-3-4-1-5(2-4)7-6(9)10/h4-5,7-8H,1-3H2,(H,9,10)/t4-,5+. The number of aliphatic hydroxyl groups excluding tert-OH is 1. The summed E-state index contributed by atoms with van der Waals surface area (Å²) in [6.45, 7) is 0.178. The fourth-order valence-electron chi connectivity index (χ4n) is 1.18. The molecule has 0 aliphatic heterocycles. The zero-order valence-corrected chi connectivity index (χ0v) is 5.58. The molecule has 0 atom stereocenters. The Bertz CT molecular complexity index is 131. The largest absolute Gasteiger partial charge is 0.465 e. The van der Waals surface area contributed by atoms with Crippen LogP contribution in [0, 0.1) is 5.92 Å². The lowest BCUT2D eigenvalue weighted by atomic mass is 9.81. The first-order valence-electron chi connectivity index (χ1n) is 3.32. The van der Waals surface area contributed by atoms with Crippen molar-refractivity contribution >= 4 is 6.09 Å². The first-order valence-corrected chi connectivity index (χ1v) is 3.32. The summed E-state index contributed by atoms with van der Waals surface area (Å²) >= 11 is 0. The lowest BCUT2D eigenvalue weighted by Gasteiger charge is -2.33. The predicted octanol–water partition coefficient (Wildman–Crippen LogP) is 0.0249. The third-order valence-corrected chi connectivity index (χ3v) is 1.82. The minimum absolute atomic E-state index is 0.0784. The second-order valence-electron chi connectivity index (χ2n) is 2.67. The second-order valence-corrected chi connectivity index (χ2v) is 2.67. The normalized spacial score (nSPS) is 30.9. The molecule has 1 aliphatic rings. The quantitative estimate of drug-likeness (QED) is 0.513. The van der Waals surface area contributed by atoms with Crippen LogP contribution in [0.4, 0.5) is 4.79 Å². The van der Waals surface area contributed by atoms with Crippen LogP contribution in [-0.2, 0) is 0 Å². The molecule has 1 fully saturated rings. The molecular weight excluding hydrogens is 134 g/mol. The summed E-state index contributed by atoms with van der Waals surface area (Å²) in [6, 6.07) is 0.0784. The molecule has 0 radical (unpaired) electrons. The minimum Gasteiger partial charge on any atom is -0.465 e. The zero-order chi connectivity index (χ0) is 7.56. The van der Waals surface area contributed by atoms with Gasteiger partial charge >= 0.3 is 6.09 Å². The highest BCUT2D eigenvalue weighted by Gasteiger charge is 2.29. The van der Waals surface area contributed by atoms with Gasteiger partial charge in [0.2, 0.25) is 0 Å². The summed E-state index contributed by atoms with van der Waals surface area (Å²) in [6.07, 6.45) is 0.590. The van der Waals surface area contributed by atoms with Crippen LogP contribution in [0.5, 0.6) is 0 Å². The van der Waals surface area contributed by atoms with Gasteiger partial charge in [-0.25, -0.2) is 4.79 Å². The van der Waals surface area contributed by atoms with Gasteiger partial charge in [-0.1, -0.05) is 0 Å². The van der Waals surface area contributed by atoms with E-state index in [1.165, 1.54) is 0 Å². The Morgan fingerprint density at radius 2 is 2.20 bits per heavy atom. The monoisotopic (exact) mass is 145 g/mol. The molecule has 1 rings (SSSR count). The molecule has 0 aromatic heterocycles. The van der Waals surface area contributed by atoms with Crippen LogP contribution >= 0.6 is 0 Å². The maximum absolute atomic E-state index is 10.0. The van der Waals surface area contributed by atoms with Crippen molar-refractivity contribution in [2.24, 2.45) is 5.92 Å². The highest BCUT2D eigenvalue weighted by atomic mass is 16.4. The molecule has 1 aliphatic carbocycles. The summed E-state index contributed by atoms with van der Waals surface area (Å²) in [5, 5.41) is 19.1.